The minimum atomic E-state index is 0.0355. The molecule has 0 radical (unpaired) electrons. The summed E-state index contributed by atoms with van der Waals surface area (Å²) in [5, 5.41) is 0. The summed E-state index contributed by atoms with van der Waals surface area (Å²) >= 11 is 0. The molecular weight excluding hydrogens is 334 g/mol. The maximum Gasteiger partial charge on any atom is 0.272 e. The second kappa shape index (κ2) is 8.04. The van der Waals surface area contributed by atoms with Crippen molar-refractivity contribution in [1.82, 2.24) is 9.88 Å². The van der Waals surface area contributed by atoms with Crippen LogP contribution in [0, 0.1) is 0 Å². The Morgan fingerprint density at radius 2 is 1.52 bits per heavy atom. The summed E-state index contributed by atoms with van der Waals surface area (Å²) in [6.45, 7) is 2.42. The molecule has 0 saturated carbocycles. The van der Waals surface area contributed by atoms with Crippen LogP contribution in [-0.2, 0) is 6.54 Å². The first-order valence-electron chi connectivity index (χ1n) is 9.43. The van der Waals surface area contributed by atoms with E-state index in [0.29, 0.717) is 5.69 Å². The number of pyridine rings is 1. The van der Waals surface area contributed by atoms with Gasteiger partial charge in [-0.3, -0.25) is 4.79 Å². The van der Waals surface area contributed by atoms with Crippen molar-refractivity contribution >= 4 is 17.3 Å². The Morgan fingerprint density at radius 1 is 0.852 bits per heavy atom. The standard InChI is InChI=1S/C23H23N3O/c27-23(25-15-7-8-16-25)22-14-13-21(17-24-22)26(20-11-5-2-6-12-20)18-19-9-3-1-4-10-19/h1-6,9-14,17H,7-8,15-16,18H2. The van der Waals surface area contributed by atoms with Crippen molar-refractivity contribution < 1.29 is 4.79 Å². The van der Waals surface area contributed by atoms with Crippen LogP contribution in [0.1, 0.15) is 28.9 Å². The fourth-order valence-electron chi connectivity index (χ4n) is 3.46. The van der Waals surface area contributed by atoms with Crippen LogP contribution in [0.15, 0.2) is 79.0 Å². The summed E-state index contributed by atoms with van der Waals surface area (Å²) < 4.78 is 0. The van der Waals surface area contributed by atoms with Gasteiger partial charge in [0.05, 0.1) is 11.9 Å². The van der Waals surface area contributed by atoms with Crippen LogP contribution in [0.4, 0.5) is 11.4 Å². The van der Waals surface area contributed by atoms with Crippen molar-refractivity contribution in [2.24, 2.45) is 0 Å². The van der Waals surface area contributed by atoms with E-state index < -0.39 is 0 Å². The van der Waals surface area contributed by atoms with Crippen molar-refractivity contribution in [2.75, 3.05) is 18.0 Å². The number of carbonyl (C=O) groups excluding carboxylic acids is 1. The smallest absolute Gasteiger partial charge is 0.272 e. The number of para-hydroxylation sites is 1. The number of hydrogen-bond acceptors (Lipinski definition) is 3. The second-order valence-electron chi connectivity index (χ2n) is 6.81. The van der Waals surface area contributed by atoms with Crippen molar-refractivity contribution in [1.29, 1.82) is 0 Å². The van der Waals surface area contributed by atoms with Crippen molar-refractivity contribution in [3.8, 4) is 0 Å². The lowest BCUT2D eigenvalue weighted by Gasteiger charge is -2.25. The largest absolute Gasteiger partial charge is 0.337 e. The minimum absolute atomic E-state index is 0.0355. The van der Waals surface area contributed by atoms with Crippen LogP contribution >= 0.6 is 0 Å². The van der Waals surface area contributed by atoms with Gasteiger partial charge in [0, 0.05) is 25.3 Å². The number of amides is 1. The zero-order valence-electron chi connectivity index (χ0n) is 15.3. The molecule has 4 rings (SSSR count). The first-order chi connectivity index (χ1) is 13.3. The van der Waals surface area contributed by atoms with Gasteiger partial charge in [0.1, 0.15) is 5.69 Å². The maximum atomic E-state index is 12.5. The Hall–Kier alpha value is -3.14. The van der Waals surface area contributed by atoms with E-state index in [1.807, 2.05) is 41.3 Å². The Bertz CT molecular complexity index is 873. The predicted molar refractivity (Wildman–Crippen MR) is 108 cm³/mol. The molecule has 3 aromatic rings. The molecule has 0 aliphatic carbocycles. The first kappa shape index (κ1) is 17.3. The van der Waals surface area contributed by atoms with Gasteiger partial charge in [0.2, 0.25) is 0 Å². The molecule has 4 heteroatoms. The third-order valence-corrected chi connectivity index (χ3v) is 4.92. The number of benzene rings is 2. The fourth-order valence-corrected chi connectivity index (χ4v) is 3.46. The Kier molecular flexibility index (Phi) is 5.15. The molecule has 1 fully saturated rings. The van der Waals surface area contributed by atoms with E-state index in [0.717, 1.165) is 43.9 Å². The van der Waals surface area contributed by atoms with Gasteiger partial charge >= 0.3 is 0 Å². The highest BCUT2D eigenvalue weighted by Crippen LogP contribution is 2.27. The van der Waals surface area contributed by atoms with Gasteiger partial charge in [-0.05, 0) is 42.7 Å². The average Bonchev–Trinajstić information content (AvgIpc) is 3.28. The lowest BCUT2D eigenvalue weighted by Crippen LogP contribution is -2.28. The van der Waals surface area contributed by atoms with Gasteiger partial charge in [0.25, 0.3) is 5.91 Å². The average molecular weight is 357 g/mol. The molecule has 0 spiro atoms. The van der Waals surface area contributed by atoms with Crippen LogP contribution in [-0.4, -0.2) is 28.9 Å². The number of hydrogen-bond donors (Lipinski definition) is 0. The summed E-state index contributed by atoms with van der Waals surface area (Å²) in [4.78, 5) is 21.1. The maximum absolute atomic E-state index is 12.5. The van der Waals surface area contributed by atoms with Gasteiger partial charge in [-0.25, -0.2) is 4.98 Å². The van der Waals surface area contributed by atoms with Gasteiger partial charge in [0.15, 0.2) is 0 Å². The molecule has 1 aliphatic rings. The van der Waals surface area contributed by atoms with Crippen LogP contribution in [0.25, 0.3) is 0 Å². The number of nitrogens with zero attached hydrogens (tertiary/aromatic N) is 3. The predicted octanol–water partition coefficient (Wildman–Crippen LogP) is 4.66. The molecule has 1 amide bonds. The van der Waals surface area contributed by atoms with Crippen LogP contribution in [0.2, 0.25) is 0 Å². The van der Waals surface area contributed by atoms with Gasteiger partial charge in [-0.15, -0.1) is 0 Å². The monoisotopic (exact) mass is 357 g/mol. The molecule has 1 aliphatic heterocycles. The molecule has 1 saturated heterocycles. The van der Waals surface area contributed by atoms with Crippen molar-refractivity contribution in [3.05, 3.63) is 90.3 Å². The van der Waals surface area contributed by atoms with Gasteiger partial charge in [-0.1, -0.05) is 48.5 Å². The molecule has 0 unspecified atom stereocenters. The third-order valence-electron chi connectivity index (χ3n) is 4.92. The third kappa shape index (κ3) is 4.00. The zero-order chi connectivity index (χ0) is 18.5. The van der Waals surface area contributed by atoms with E-state index in [1.54, 1.807) is 6.20 Å². The fraction of sp³-hybridized carbons (Fsp3) is 0.217. The highest BCUT2D eigenvalue weighted by Gasteiger charge is 2.20. The molecular formula is C23H23N3O. The minimum Gasteiger partial charge on any atom is -0.337 e. The number of likely N-dealkylation sites (tertiary alicyclic amines) is 1. The summed E-state index contributed by atoms with van der Waals surface area (Å²) in [7, 11) is 0. The second-order valence-corrected chi connectivity index (χ2v) is 6.81. The number of aromatic nitrogens is 1. The quantitative estimate of drug-likeness (QED) is 0.666. The van der Waals surface area contributed by atoms with Crippen LogP contribution < -0.4 is 4.90 Å². The Balaban J connectivity index is 1.60. The lowest BCUT2D eigenvalue weighted by atomic mass is 10.1. The summed E-state index contributed by atoms with van der Waals surface area (Å²) in [5.74, 6) is 0.0355. The number of rotatable bonds is 5. The molecule has 2 aromatic carbocycles. The zero-order valence-corrected chi connectivity index (χ0v) is 15.3. The van der Waals surface area contributed by atoms with E-state index in [2.05, 4.69) is 46.3 Å². The molecule has 0 N–H and O–H groups in total. The molecule has 27 heavy (non-hydrogen) atoms. The number of carbonyl (C=O) groups is 1. The SMILES string of the molecule is O=C(c1ccc(N(Cc2ccccc2)c2ccccc2)cn1)N1CCCC1. The number of anilines is 2. The normalized spacial score (nSPS) is 13.6. The molecule has 2 heterocycles. The van der Waals surface area contributed by atoms with E-state index in [1.165, 1.54) is 5.56 Å². The van der Waals surface area contributed by atoms with Crippen molar-refractivity contribution in [2.45, 2.75) is 19.4 Å². The van der Waals surface area contributed by atoms with Crippen LogP contribution in [0.5, 0.6) is 0 Å². The highest BCUT2D eigenvalue weighted by atomic mass is 16.2. The summed E-state index contributed by atoms with van der Waals surface area (Å²) in [5.41, 5.74) is 3.82. The van der Waals surface area contributed by atoms with Crippen LogP contribution in [0.3, 0.4) is 0 Å². The Labute approximate surface area is 160 Å². The summed E-state index contributed by atoms with van der Waals surface area (Å²) in [6.07, 6.45) is 3.98. The molecule has 0 atom stereocenters. The van der Waals surface area contributed by atoms with Gasteiger partial charge in [-0.2, -0.15) is 0 Å². The Morgan fingerprint density at radius 3 is 2.15 bits per heavy atom. The van der Waals surface area contributed by atoms with Crippen molar-refractivity contribution in [3.63, 3.8) is 0 Å². The molecule has 0 bridgehead atoms. The van der Waals surface area contributed by atoms with E-state index in [4.69, 9.17) is 0 Å². The molecule has 136 valence electrons. The lowest BCUT2D eigenvalue weighted by molar-refractivity contribution is 0.0787. The van der Waals surface area contributed by atoms with Gasteiger partial charge < -0.3 is 9.80 Å². The van der Waals surface area contributed by atoms with E-state index >= 15 is 0 Å². The van der Waals surface area contributed by atoms with E-state index in [9.17, 15) is 4.79 Å². The molecule has 1 aromatic heterocycles. The topological polar surface area (TPSA) is 36.4 Å². The highest BCUT2D eigenvalue weighted by molar-refractivity contribution is 5.92. The summed E-state index contributed by atoms with van der Waals surface area (Å²) in [6, 6.07) is 24.5. The molecule has 4 nitrogen and oxygen atoms in total. The van der Waals surface area contributed by atoms with E-state index in [-0.39, 0.29) is 5.91 Å². The first-order valence-corrected chi connectivity index (χ1v) is 9.43.